The molecule has 0 spiro atoms. The van der Waals surface area contributed by atoms with Gasteiger partial charge in [0.15, 0.2) is 6.29 Å². The Morgan fingerprint density at radius 1 is 1.33 bits per heavy atom. The van der Waals surface area contributed by atoms with Gasteiger partial charge in [-0.15, -0.1) is 0 Å². The normalized spacial score (nSPS) is 43.0. The van der Waals surface area contributed by atoms with Gasteiger partial charge < -0.3 is 19.3 Å². The SMILES string of the molecule is CO[C@@H]1C[C@@H](O)[C@@H](OC)[C@@H](C)O1. The lowest BCUT2D eigenvalue weighted by Gasteiger charge is -2.36. The van der Waals surface area contributed by atoms with Crippen molar-refractivity contribution in [2.45, 2.75) is 37.9 Å². The Kier molecular flexibility index (Phi) is 3.46. The van der Waals surface area contributed by atoms with Gasteiger partial charge in [0.1, 0.15) is 6.10 Å². The van der Waals surface area contributed by atoms with Crippen molar-refractivity contribution in [3.05, 3.63) is 0 Å². The molecule has 1 saturated heterocycles. The van der Waals surface area contributed by atoms with E-state index in [1.165, 1.54) is 0 Å². The Morgan fingerprint density at radius 2 is 2.00 bits per heavy atom. The quantitative estimate of drug-likeness (QED) is 0.650. The van der Waals surface area contributed by atoms with Crippen LogP contribution in [0.2, 0.25) is 0 Å². The molecular weight excluding hydrogens is 160 g/mol. The highest BCUT2D eigenvalue weighted by molar-refractivity contribution is 4.81. The summed E-state index contributed by atoms with van der Waals surface area (Å²) in [4.78, 5) is 0. The maximum absolute atomic E-state index is 9.56. The molecule has 1 aliphatic rings. The van der Waals surface area contributed by atoms with Gasteiger partial charge in [0, 0.05) is 20.6 Å². The molecule has 72 valence electrons. The Balaban J connectivity index is 2.51. The molecule has 0 amide bonds. The first kappa shape index (κ1) is 9.92. The van der Waals surface area contributed by atoms with Crippen molar-refractivity contribution in [1.29, 1.82) is 0 Å². The average Bonchev–Trinajstić information content (AvgIpc) is 2.03. The molecule has 4 atom stereocenters. The third-order valence-corrected chi connectivity index (χ3v) is 2.18. The molecular formula is C8H16O4. The van der Waals surface area contributed by atoms with Crippen molar-refractivity contribution in [3.8, 4) is 0 Å². The van der Waals surface area contributed by atoms with Crippen molar-refractivity contribution in [1.82, 2.24) is 0 Å². The van der Waals surface area contributed by atoms with E-state index in [4.69, 9.17) is 14.2 Å². The van der Waals surface area contributed by atoms with Crippen LogP contribution in [0.5, 0.6) is 0 Å². The largest absolute Gasteiger partial charge is 0.390 e. The Morgan fingerprint density at radius 3 is 2.42 bits per heavy atom. The predicted molar refractivity (Wildman–Crippen MR) is 42.8 cm³/mol. The van der Waals surface area contributed by atoms with E-state index >= 15 is 0 Å². The van der Waals surface area contributed by atoms with Gasteiger partial charge in [-0.2, -0.15) is 0 Å². The van der Waals surface area contributed by atoms with E-state index in [1.807, 2.05) is 6.92 Å². The Labute approximate surface area is 72.4 Å². The summed E-state index contributed by atoms with van der Waals surface area (Å²) in [5.74, 6) is 0. The summed E-state index contributed by atoms with van der Waals surface area (Å²) in [6, 6.07) is 0. The van der Waals surface area contributed by atoms with Gasteiger partial charge in [0.25, 0.3) is 0 Å². The Bertz CT molecular complexity index is 127. The number of rotatable bonds is 2. The molecule has 4 heteroatoms. The lowest BCUT2D eigenvalue weighted by atomic mass is 10.0. The fraction of sp³-hybridized carbons (Fsp3) is 1.00. The molecule has 12 heavy (non-hydrogen) atoms. The van der Waals surface area contributed by atoms with E-state index in [-0.39, 0.29) is 18.5 Å². The molecule has 1 fully saturated rings. The van der Waals surface area contributed by atoms with Crippen molar-refractivity contribution >= 4 is 0 Å². The highest BCUT2D eigenvalue weighted by Crippen LogP contribution is 2.22. The summed E-state index contributed by atoms with van der Waals surface area (Å²) in [7, 11) is 3.14. The summed E-state index contributed by atoms with van der Waals surface area (Å²) in [5.41, 5.74) is 0. The number of ether oxygens (including phenoxy) is 3. The lowest BCUT2D eigenvalue weighted by molar-refractivity contribution is -0.242. The third kappa shape index (κ3) is 1.95. The minimum absolute atomic E-state index is 0.122. The van der Waals surface area contributed by atoms with Gasteiger partial charge in [0.05, 0.1) is 12.2 Å². The van der Waals surface area contributed by atoms with Crippen LogP contribution in [-0.2, 0) is 14.2 Å². The van der Waals surface area contributed by atoms with E-state index < -0.39 is 6.10 Å². The van der Waals surface area contributed by atoms with Gasteiger partial charge in [-0.1, -0.05) is 0 Å². The minimum Gasteiger partial charge on any atom is -0.390 e. The van der Waals surface area contributed by atoms with Crippen LogP contribution < -0.4 is 0 Å². The van der Waals surface area contributed by atoms with Crippen LogP contribution in [-0.4, -0.2) is 43.9 Å². The smallest absolute Gasteiger partial charge is 0.160 e. The van der Waals surface area contributed by atoms with Crippen molar-refractivity contribution in [2.75, 3.05) is 14.2 Å². The van der Waals surface area contributed by atoms with Crippen LogP contribution in [0.25, 0.3) is 0 Å². The molecule has 0 radical (unpaired) electrons. The standard InChI is InChI=1S/C8H16O4/c1-5-8(11-3)6(9)4-7(10-2)12-5/h5-9H,4H2,1-3H3/t5-,6-,7+,8+/m1/s1. The number of methoxy groups -OCH3 is 2. The summed E-state index contributed by atoms with van der Waals surface area (Å²) in [5, 5.41) is 9.56. The van der Waals surface area contributed by atoms with Crippen LogP contribution in [0, 0.1) is 0 Å². The fourth-order valence-corrected chi connectivity index (χ4v) is 1.52. The number of hydrogen-bond acceptors (Lipinski definition) is 4. The van der Waals surface area contributed by atoms with Crippen LogP contribution in [0.1, 0.15) is 13.3 Å². The predicted octanol–water partition coefficient (Wildman–Crippen LogP) is 0.144. The summed E-state index contributed by atoms with van der Waals surface area (Å²) < 4.78 is 15.5. The molecule has 1 rings (SSSR count). The summed E-state index contributed by atoms with van der Waals surface area (Å²) >= 11 is 0. The molecule has 1 N–H and O–H groups in total. The fourth-order valence-electron chi connectivity index (χ4n) is 1.52. The number of aliphatic hydroxyl groups is 1. The van der Waals surface area contributed by atoms with Gasteiger partial charge in [0.2, 0.25) is 0 Å². The topological polar surface area (TPSA) is 47.9 Å². The van der Waals surface area contributed by atoms with E-state index in [0.717, 1.165) is 0 Å². The van der Waals surface area contributed by atoms with Crippen molar-refractivity contribution < 1.29 is 19.3 Å². The number of aliphatic hydroxyl groups excluding tert-OH is 1. The molecule has 1 aliphatic heterocycles. The van der Waals surface area contributed by atoms with Crippen LogP contribution in [0.4, 0.5) is 0 Å². The van der Waals surface area contributed by atoms with E-state index in [1.54, 1.807) is 14.2 Å². The van der Waals surface area contributed by atoms with Crippen LogP contribution in [0.15, 0.2) is 0 Å². The number of hydrogen-bond donors (Lipinski definition) is 1. The highest BCUT2D eigenvalue weighted by Gasteiger charge is 2.35. The van der Waals surface area contributed by atoms with Crippen LogP contribution in [0.3, 0.4) is 0 Å². The molecule has 0 bridgehead atoms. The second-order valence-electron chi connectivity index (χ2n) is 3.01. The van der Waals surface area contributed by atoms with Gasteiger partial charge in [-0.3, -0.25) is 0 Å². The first-order chi connectivity index (χ1) is 5.69. The molecule has 0 unspecified atom stereocenters. The van der Waals surface area contributed by atoms with Crippen molar-refractivity contribution in [3.63, 3.8) is 0 Å². The molecule has 0 saturated carbocycles. The lowest BCUT2D eigenvalue weighted by Crippen LogP contribution is -2.48. The molecule has 0 aliphatic carbocycles. The first-order valence-electron chi connectivity index (χ1n) is 4.08. The molecule has 1 heterocycles. The maximum Gasteiger partial charge on any atom is 0.160 e. The molecule has 0 aromatic rings. The Hall–Kier alpha value is -0.160. The monoisotopic (exact) mass is 176 g/mol. The molecule has 0 aromatic heterocycles. The van der Waals surface area contributed by atoms with Crippen LogP contribution >= 0.6 is 0 Å². The average molecular weight is 176 g/mol. The van der Waals surface area contributed by atoms with Gasteiger partial charge in [-0.05, 0) is 6.92 Å². The summed E-state index contributed by atoms with van der Waals surface area (Å²) in [6.07, 6.45) is -0.690. The van der Waals surface area contributed by atoms with Gasteiger partial charge in [-0.25, -0.2) is 0 Å². The second-order valence-corrected chi connectivity index (χ2v) is 3.01. The summed E-state index contributed by atoms with van der Waals surface area (Å²) in [6.45, 7) is 1.86. The highest BCUT2D eigenvalue weighted by atomic mass is 16.7. The van der Waals surface area contributed by atoms with E-state index in [2.05, 4.69) is 0 Å². The first-order valence-corrected chi connectivity index (χ1v) is 4.08. The van der Waals surface area contributed by atoms with Gasteiger partial charge >= 0.3 is 0 Å². The van der Waals surface area contributed by atoms with Crippen molar-refractivity contribution in [2.24, 2.45) is 0 Å². The van der Waals surface area contributed by atoms with E-state index in [0.29, 0.717) is 6.42 Å². The zero-order valence-corrected chi connectivity index (χ0v) is 7.69. The minimum atomic E-state index is -0.497. The zero-order valence-electron chi connectivity index (χ0n) is 7.69. The van der Waals surface area contributed by atoms with E-state index in [9.17, 15) is 5.11 Å². The maximum atomic E-state index is 9.56. The third-order valence-electron chi connectivity index (χ3n) is 2.18. The molecule has 0 aromatic carbocycles. The second kappa shape index (κ2) is 4.18. The molecule has 4 nitrogen and oxygen atoms in total. The zero-order chi connectivity index (χ0) is 9.14.